The Labute approximate surface area is 165 Å². The first kappa shape index (κ1) is 19.1. The van der Waals surface area contributed by atoms with Crippen molar-refractivity contribution < 1.29 is 9.13 Å². The van der Waals surface area contributed by atoms with Crippen LogP contribution in [0.1, 0.15) is 12.0 Å². The van der Waals surface area contributed by atoms with Crippen molar-refractivity contribution in [3.05, 3.63) is 59.9 Å². The zero-order valence-corrected chi connectivity index (χ0v) is 16.2. The Balaban J connectivity index is 1.38. The summed E-state index contributed by atoms with van der Waals surface area (Å²) in [4.78, 5) is 5.96. The Morgan fingerprint density at radius 2 is 1.89 bits per heavy atom. The zero-order chi connectivity index (χ0) is 19.2. The summed E-state index contributed by atoms with van der Waals surface area (Å²) in [6, 6.07) is 15.1. The number of halogens is 1. The van der Waals surface area contributed by atoms with E-state index in [2.05, 4.69) is 33.4 Å². The van der Waals surface area contributed by atoms with Crippen molar-refractivity contribution in [2.24, 2.45) is 0 Å². The van der Waals surface area contributed by atoms with Gasteiger partial charge in [0.05, 0.1) is 13.2 Å². The number of aromatic amines is 1. The number of ether oxygens (including phenoxy) is 1. The molecule has 2 heterocycles. The minimum atomic E-state index is -0.205. The molecule has 1 aromatic heterocycles. The predicted molar refractivity (Wildman–Crippen MR) is 112 cm³/mol. The number of benzene rings is 2. The molecule has 1 saturated heterocycles. The topological polar surface area (TPSA) is 40.3 Å². The molecule has 2 N–H and O–H groups in total. The highest BCUT2D eigenvalue weighted by Gasteiger charge is 2.13. The van der Waals surface area contributed by atoms with Crippen LogP contribution in [-0.2, 0) is 11.2 Å². The lowest BCUT2D eigenvalue weighted by Gasteiger charge is -2.26. The third kappa shape index (κ3) is 4.61. The number of hydrogen-bond acceptors (Lipinski definition) is 3. The summed E-state index contributed by atoms with van der Waals surface area (Å²) >= 11 is 0. The molecular formula is C23H28FN3O. The summed E-state index contributed by atoms with van der Waals surface area (Å²) in [5, 5.41) is 4.79. The van der Waals surface area contributed by atoms with Gasteiger partial charge in [-0.2, -0.15) is 0 Å². The number of morpholine rings is 1. The molecule has 4 rings (SSSR count). The molecule has 0 bridgehead atoms. The van der Waals surface area contributed by atoms with Gasteiger partial charge in [-0.15, -0.1) is 0 Å². The van der Waals surface area contributed by atoms with Crippen LogP contribution >= 0.6 is 0 Å². The van der Waals surface area contributed by atoms with Crippen LogP contribution in [0.4, 0.5) is 4.39 Å². The molecule has 1 fully saturated rings. The maximum atomic E-state index is 13.7. The molecule has 148 valence electrons. The van der Waals surface area contributed by atoms with Gasteiger partial charge in [0.15, 0.2) is 0 Å². The van der Waals surface area contributed by atoms with Crippen molar-refractivity contribution in [1.29, 1.82) is 0 Å². The SMILES string of the molecule is Fc1cccc(-c2[nH]c3ccccc3c2CCNCCCN2CCOCC2)c1. The average molecular weight is 381 g/mol. The maximum absolute atomic E-state index is 13.7. The fourth-order valence-electron chi connectivity index (χ4n) is 3.94. The lowest BCUT2D eigenvalue weighted by molar-refractivity contribution is 0.0375. The molecule has 4 nitrogen and oxygen atoms in total. The number of hydrogen-bond donors (Lipinski definition) is 2. The number of para-hydroxylation sites is 1. The van der Waals surface area contributed by atoms with E-state index in [0.29, 0.717) is 0 Å². The van der Waals surface area contributed by atoms with E-state index in [1.807, 2.05) is 12.1 Å². The Hall–Kier alpha value is -2.21. The van der Waals surface area contributed by atoms with Crippen LogP contribution in [0, 0.1) is 5.82 Å². The smallest absolute Gasteiger partial charge is 0.123 e. The number of aromatic nitrogens is 1. The second kappa shape index (κ2) is 9.32. The lowest BCUT2D eigenvalue weighted by Crippen LogP contribution is -2.37. The summed E-state index contributed by atoms with van der Waals surface area (Å²) in [5.41, 5.74) is 4.28. The Morgan fingerprint density at radius 3 is 2.75 bits per heavy atom. The van der Waals surface area contributed by atoms with E-state index >= 15 is 0 Å². The van der Waals surface area contributed by atoms with E-state index in [4.69, 9.17) is 4.74 Å². The van der Waals surface area contributed by atoms with Crippen molar-refractivity contribution in [3.8, 4) is 11.3 Å². The van der Waals surface area contributed by atoms with Crippen LogP contribution in [0.15, 0.2) is 48.5 Å². The number of nitrogens with zero attached hydrogens (tertiary/aromatic N) is 1. The van der Waals surface area contributed by atoms with Crippen LogP contribution < -0.4 is 5.32 Å². The lowest BCUT2D eigenvalue weighted by atomic mass is 10.0. The van der Waals surface area contributed by atoms with E-state index in [1.165, 1.54) is 17.0 Å². The van der Waals surface area contributed by atoms with Gasteiger partial charge in [0, 0.05) is 35.2 Å². The van der Waals surface area contributed by atoms with E-state index in [-0.39, 0.29) is 5.82 Å². The highest BCUT2D eigenvalue weighted by molar-refractivity contribution is 5.90. The molecule has 0 saturated carbocycles. The Bertz CT molecular complexity index is 902. The first-order valence-electron chi connectivity index (χ1n) is 10.2. The van der Waals surface area contributed by atoms with Gasteiger partial charge < -0.3 is 15.0 Å². The summed E-state index contributed by atoms with van der Waals surface area (Å²) < 4.78 is 19.1. The van der Waals surface area contributed by atoms with Crippen LogP contribution in [0.2, 0.25) is 0 Å². The summed E-state index contributed by atoms with van der Waals surface area (Å²) in [5.74, 6) is -0.205. The van der Waals surface area contributed by atoms with Crippen LogP contribution in [0.3, 0.4) is 0 Å². The zero-order valence-electron chi connectivity index (χ0n) is 16.2. The molecule has 0 spiro atoms. The maximum Gasteiger partial charge on any atom is 0.123 e. The summed E-state index contributed by atoms with van der Waals surface area (Å²) in [7, 11) is 0. The molecule has 1 aliphatic rings. The molecule has 28 heavy (non-hydrogen) atoms. The van der Waals surface area contributed by atoms with Crippen LogP contribution in [0.5, 0.6) is 0 Å². The minimum Gasteiger partial charge on any atom is -0.379 e. The van der Waals surface area contributed by atoms with Gasteiger partial charge in [0.1, 0.15) is 5.82 Å². The van der Waals surface area contributed by atoms with Gasteiger partial charge in [-0.1, -0.05) is 30.3 Å². The Morgan fingerprint density at radius 1 is 1.04 bits per heavy atom. The van der Waals surface area contributed by atoms with Gasteiger partial charge in [-0.05, 0) is 56.2 Å². The number of H-pyrrole nitrogens is 1. The third-order valence-corrected chi connectivity index (χ3v) is 5.41. The molecule has 0 unspecified atom stereocenters. The second-order valence-electron chi connectivity index (χ2n) is 7.34. The van der Waals surface area contributed by atoms with Crippen LogP contribution in [-0.4, -0.2) is 55.8 Å². The average Bonchev–Trinajstić information content (AvgIpc) is 3.10. The van der Waals surface area contributed by atoms with Crippen molar-refractivity contribution in [2.45, 2.75) is 12.8 Å². The first-order valence-corrected chi connectivity index (χ1v) is 10.2. The van der Waals surface area contributed by atoms with Gasteiger partial charge in [0.2, 0.25) is 0 Å². The molecule has 2 aromatic carbocycles. The fourth-order valence-corrected chi connectivity index (χ4v) is 3.94. The molecule has 0 aliphatic carbocycles. The van der Waals surface area contributed by atoms with Crippen molar-refractivity contribution in [2.75, 3.05) is 45.9 Å². The van der Waals surface area contributed by atoms with Crippen molar-refractivity contribution in [3.63, 3.8) is 0 Å². The monoisotopic (exact) mass is 381 g/mol. The summed E-state index contributed by atoms with van der Waals surface area (Å²) in [6.07, 6.45) is 2.05. The normalized spacial score (nSPS) is 15.3. The van der Waals surface area contributed by atoms with Crippen molar-refractivity contribution in [1.82, 2.24) is 15.2 Å². The molecule has 0 atom stereocenters. The fraction of sp³-hybridized carbons (Fsp3) is 0.391. The number of rotatable bonds is 8. The van der Waals surface area contributed by atoms with E-state index in [0.717, 1.165) is 75.6 Å². The molecule has 5 heteroatoms. The summed E-state index contributed by atoms with van der Waals surface area (Å²) in [6.45, 7) is 6.85. The molecular weight excluding hydrogens is 353 g/mol. The van der Waals surface area contributed by atoms with Gasteiger partial charge in [-0.3, -0.25) is 4.90 Å². The van der Waals surface area contributed by atoms with Gasteiger partial charge in [-0.25, -0.2) is 4.39 Å². The van der Waals surface area contributed by atoms with Crippen LogP contribution in [0.25, 0.3) is 22.2 Å². The molecule has 3 aromatic rings. The number of fused-ring (bicyclic) bond motifs is 1. The highest BCUT2D eigenvalue weighted by atomic mass is 19.1. The largest absolute Gasteiger partial charge is 0.379 e. The minimum absolute atomic E-state index is 0.205. The Kier molecular flexibility index (Phi) is 6.37. The third-order valence-electron chi connectivity index (χ3n) is 5.41. The van der Waals surface area contributed by atoms with E-state index < -0.39 is 0 Å². The number of nitrogens with one attached hydrogen (secondary N) is 2. The van der Waals surface area contributed by atoms with Gasteiger partial charge in [0.25, 0.3) is 0 Å². The van der Waals surface area contributed by atoms with Gasteiger partial charge >= 0.3 is 0 Å². The standard InChI is InChI=1S/C23H28FN3O/c24-19-6-3-5-18(17-19)23-21(20-7-1-2-8-22(20)26-23)9-11-25-10-4-12-27-13-15-28-16-14-27/h1-3,5-8,17,25-26H,4,9-16H2. The van der Waals surface area contributed by atoms with E-state index in [1.54, 1.807) is 12.1 Å². The predicted octanol–water partition coefficient (Wildman–Crippen LogP) is 3.83. The van der Waals surface area contributed by atoms with Crippen molar-refractivity contribution >= 4 is 10.9 Å². The molecule has 0 radical (unpaired) electrons. The second-order valence-corrected chi connectivity index (χ2v) is 7.34. The van der Waals surface area contributed by atoms with E-state index in [9.17, 15) is 4.39 Å². The quantitative estimate of drug-likeness (QED) is 0.583. The first-order chi connectivity index (χ1) is 13.8. The molecule has 0 amide bonds. The highest BCUT2D eigenvalue weighted by Crippen LogP contribution is 2.30. The molecule has 1 aliphatic heterocycles.